The number of halogens is 3. The van der Waals surface area contributed by atoms with Gasteiger partial charge in [-0.1, -0.05) is 0 Å². The second-order valence-electron chi connectivity index (χ2n) is 3.74. The maximum atomic E-state index is 13.7. The van der Waals surface area contributed by atoms with E-state index >= 15 is 0 Å². The molecule has 0 atom stereocenters. The molecule has 1 aromatic carbocycles. The first kappa shape index (κ1) is 9.27. The van der Waals surface area contributed by atoms with Crippen LogP contribution in [-0.2, 0) is 0 Å². The summed E-state index contributed by atoms with van der Waals surface area (Å²) in [5.41, 5.74) is 0.769. The second kappa shape index (κ2) is 3.01. The minimum Gasteiger partial charge on any atom is -0.325 e. The third-order valence-electron chi connectivity index (χ3n) is 2.64. The Labute approximate surface area is 93.0 Å². The Kier molecular flexibility index (Phi) is 1.86. The van der Waals surface area contributed by atoms with Gasteiger partial charge in [-0.2, -0.15) is 0 Å². The molecule has 78 valence electrons. The standard InChI is InChI=1S/C10H7BrF2N2/c11-6-3-7-10(9(13)8(6)12)15(4-14-7)5-1-2-5/h3-5H,1-2H2. The average molecular weight is 273 g/mol. The van der Waals surface area contributed by atoms with Crippen molar-refractivity contribution in [2.24, 2.45) is 0 Å². The van der Waals surface area contributed by atoms with Crippen LogP contribution in [-0.4, -0.2) is 9.55 Å². The van der Waals surface area contributed by atoms with E-state index in [0.29, 0.717) is 11.6 Å². The Balaban J connectivity index is 2.37. The molecule has 2 aromatic rings. The number of aromatic nitrogens is 2. The number of hydrogen-bond acceptors (Lipinski definition) is 1. The highest BCUT2D eigenvalue weighted by Gasteiger charge is 2.27. The lowest BCUT2D eigenvalue weighted by Crippen LogP contribution is -1.96. The van der Waals surface area contributed by atoms with Crippen molar-refractivity contribution in [1.29, 1.82) is 0 Å². The second-order valence-corrected chi connectivity index (χ2v) is 4.59. The number of benzene rings is 1. The summed E-state index contributed by atoms with van der Waals surface area (Å²) >= 11 is 2.96. The van der Waals surface area contributed by atoms with Gasteiger partial charge in [-0.15, -0.1) is 0 Å². The minimum atomic E-state index is -0.843. The fourth-order valence-corrected chi connectivity index (χ4v) is 2.12. The Bertz CT molecular complexity index is 546. The summed E-state index contributed by atoms with van der Waals surface area (Å²) in [7, 11) is 0. The van der Waals surface area contributed by atoms with Gasteiger partial charge in [0.15, 0.2) is 11.6 Å². The summed E-state index contributed by atoms with van der Waals surface area (Å²) in [5, 5.41) is 0. The van der Waals surface area contributed by atoms with Crippen LogP contribution < -0.4 is 0 Å². The topological polar surface area (TPSA) is 17.8 Å². The Morgan fingerprint density at radius 3 is 2.73 bits per heavy atom. The predicted octanol–water partition coefficient (Wildman–Crippen LogP) is 3.41. The average Bonchev–Trinajstić information content (AvgIpc) is 2.97. The molecule has 0 N–H and O–H groups in total. The van der Waals surface area contributed by atoms with Gasteiger partial charge in [-0.25, -0.2) is 13.8 Å². The van der Waals surface area contributed by atoms with Crippen molar-refractivity contribution in [2.75, 3.05) is 0 Å². The quantitative estimate of drug-likeness (QED) is 0.728. The molecule has 2 nitrogen and oxygen atoms in total. The molecule has 3 rings (SSSR count). The summed E-state index contributed by atoms with van der Waals surface area (Å²) in [5.74, 6) is -1.66. The molecule has 0 aliphatic heterocycles. The summed E-state index contributed by atoms with van der Waals surface area (Å²) in [6.07, 6.45) is 3.61. The van der Waals surface area contributed by atoms with E-state index in [1.807, 2.05) is 0 Å². The van der Waals surface area contributed by atoms with Gasteiger partial charge in [0.2, 0.25) is 0 Å². The van der Waals surface area contributed by atoms with Gasteiger partial charge in [-0.3, -0.25) is 0 Å². The lowest BCUT2D eigenvalue weighted by Gasteiger charge is -2.03. The highest BCUT2D eigenvalue weighted by atomic mass is 79.9. The van der Waals surface area contributed by atoms with Crippen LogP contribution in [0.15, 0.2) is 16.9 Å². The lowest BCUT2D eigenvalue weighted by atomic mass is 10.3. The van der Waals surface area contributed by atoms with E-state index in [1.54, 1.807) is 10.9 Å². The maximum Gasteiger partial charge on any atom is 0.185 e. The van der Waals surface area contributed by atoms with Crippen molar-refractivity contribution in [1.82, 2.24) is 9.55 Å². The van der Waals surface area contributed by atoms with E-state index in [4.69, 9.17) is 0 Å². The fourth-order valence-electron chi connectivity index (χ4n) is 1.73. The van der Waals surface area contributed by atoms with Crippen molar-refractivity contribution < 1.29 is 8.78 Å². The van der Waals surface area contributed by atoms with Crippen molar-refractivity contribution in [3.8, 4) is 0 Å². The molecular weight excluding hydrogens is 266 g/mol. The first-order valence-corrected chi connectivity index (χ1v) is 5.48. The number of nitrogens with zero attached hydrogens (tertiary/aromatic N) is 2. The monoisotopic (exact) mass is 272 g/mol. The lowest BCUT2D eigenvalue weighted by molar-refractivity contribution is 0.507. The molecule has 1 aliphatic rings. The molecular formula is C10H7BrF2N2. The predicted molar refractivity (Wildman–Crippen MR) is 55.6 cm³/mol. The van der Waals surface area contributed by atoms with Crippen LogP contribution in [0.1, 0.15) is 18.9 Å². The molecule has 0 saturated heterocycles. The molecule has 0 spiro atoms. The Morgan fingerprint density at radius 1 is 1.33 bits per heavy atom. The van der Waals surface area contributed by atoms with Crippen LogP contribution in [0, 0.1) is 11.6 Å². The van der Waals surface area contributed by atoms with Crippen molar-refractivity contribution >= 4 is 27.0 Å². The zero-order chi connectivity index (χ0) is 10.6. The zero-order valence-corrected chi connectivity index (χ0v) is 9.26. The summed E-state index contributed by atoms with van der Waals surface area (Å²) in [6, 6.07) is 1.80. The number of imidazole rings is 1. The third kappa shape index (κ3) is 1.29. The molecule has 1 fully saturated rings. The van der Waals surface area contributed by atoms with Crippen molar-refractivity contribution in [2.45, 2.75) is 18.9 Å². The molecule has 0 unspecified atom stereocenters. The van der Waals surface area contributed by atoms with Gasteiger partial charge in [0.25, 0.3) is 0 Å². The highest BCUT2D eigenvalue weighted by molar-refractivity contribution is 9.10. The van der Waals surface area contributed by atoms with Gasteiger partial charge >= 0.3 is 0 Å². The zero-order valence-electron chi connectivity index (χ0n) is 7.67. The van der Waals surface area contributed by atoms with Crippen LogP contribution in [0.25, 0.3) is 11.0 Å². The molecule has 1 aromatic heterocycles. The molecule has 5 heteroatoms. The molecule has 1 aliphatic carbocycles. The highest BCUT2D eigenvalue weighted by Crippen LogP contribution is 2.38. The molecule has 0 amide bonds. The summed E-state index contributed by atoms with van der Waals surface area (Å²) in [6.45, 7) is 0. The van der Waals surface area contributed by atoms with Gasteiger partial charge in [0, 0.05) is 6.04 Å². The summed E-state index contributed by atoms with van der Waals surface area (Å²) in [4.78, 5) is 4.07. The smallest absolute Gasteiger partial charge is 0.185 e. The largest absolute Gasteiger partial charge is 0.325 e. The van der Waals surface area contributed by atoms with E-state index in [-0.39, 0.29) is 9.99 Å². The normalized spacial score (nSPS) is 16.2. The minimum absolute atomic E-state index is 0.119. The molecule has 15 heavy (non-hydrogen) atoms. The van der Waals surface area contributed by atoms with Gasteiger partial charge in [0.1, 0.15) is 5.52 Å². The number of hydrogen-bond donors (Lipinski definition) is 0. The van der Waals surface area contributed by atoms with Gasteiger partial charge in [0.05, 0.1) is 16.3 Å². The van der Waals surface area contributed by atoms with E-state index < -0.39 is 11.6 Å². The van der Waals surface area contributed by atoms with Crippen LogP contribution in [0.3, 0.4) is 0 Å². The molecule has 1 heterocycles. The van der Waals surface area contributed by atoms with Crippen LogP contribution in [0.2, 0.25) is 0 Å². The van der Waals surface area contributed by atoms with E-state index in [1.165, 1.54) is 6.07 Å². The molecule has 0 bridgehead atoms. The van der Waals surface area contributed by atoms with Crippen LogP contribution in [0.5, 0.6) is 0 Å². The first-order valence-electron chi connectivity index (χ1n) is 4.68. The van der Waals surface area contributed by atoms with Crippen LogP contribution in [0.4, 0.5) is 8.78 Å². The first-order chi connectivity index (χ1) is 7.18. The third-order valence-corrected chi connectivity index (χ3v) is 3.21. The number of fused-ring (bicyclic) bond motifs is 1. The molecule has 1 saturated carbocycles. The SMILES string of the molecule is Fc1c(Br)cc2ncn(C3CC3)c2c1F. The Morgan fingerprint density at radius 2 is 2.07 bits per heavy atom. The van der Waals surface area contributed by atoms with E-state index in [0.717, 1.165) is 12.8 Å². The Hall–Kier alpha value is -0.970. The summed E-state index contributed by atoms with van der Waals surface area (Å²) < 4.78 is 28.9. The van der Waals surface area contributed by atoms with E-state index in [2.05, 4.69) is 20.9 Å². The van der Waals surface area contributed by atoms with E-state index in [9.17, 15) is 8.78 Å². The van der Waals surface area contributed by atoms with Crippen molar-refractivity contribution in [3.05, 3.63) is 28.5 Å². The van der Waals surface area contributed by atoms with Crippen molar-refractivity contribution in [3.63, 3.8) is 0 Å². The van der Waals surface area contributed by atoms with Crippen LogP contribution >= 0.6 is 15.9 Å². The van der Waals surface area contributed by atoms with Gasteiger partial charge < -0.3 is 4.57 Å². The fraction of sp³-hybridized carbons (Fsp3) is 0.300. The van der Waals surface area contributed by atoms with Gasteiger partial charge in [-0.05, 0) is 34.8 Å². The number of rotatable bonds is 1. The maximum absolute atomic E-state index is 13.7. The molecule has 0 radical (unpaired) electrons.